The van der Waals surface area contributed by atoms with Gasteiger partial charge < -0.3 is 9.84 Å². The van der Waals surface area contributed by atoms with Crippen molar-refractivity contribution in [1.29, 1.82) is 0 Å². The number of hydrogen-bond donors (Lipinski definition) is 1. The zero-order valence-electron chi connectivity index (χ0n) is 14.2. The summed E-state index contributed by atoms with van der Waals surface area (Å²) < 4.78 is 7.94. The molecule has 0 bridgehead atoms. The van der Waals surface area contributed by atoms with Crippen LogP contribution in [0, 0.1) is 5.92 Å². The van der Waals surface area contributed by atoms with Gasteiger partial charge in [0.1, 0.15) is 11.8 Å². The van der Waals surface area contributed by atoms with E-state index in [4.69, 9.17) is 4.74 Å². The van der Waals surface area contributed by atoms with Crippen molar-refractivity contribution >= 4 is 17.9 Å². The third-order valence-electron chi connectivity index (χ3n) is 5.00. The maximum absolute atomic E-state index is 11.4. The summed E-state index contributed by atoms with van der Waals surface area (Å²) in [4.78, 5) is 12.4. The molecule has 0 amide bonds. The van der Waals surface area contributed by atoms with Gasteiger partial charge in [0, 0.05) is 11.4 Å². The Hall–Kier alpha value is -1.20. The second kappa shape index (κ2) is 8.77. The SMILES string of the molecule is O=C(O)C1CCCCN1Sc1ccc(OCC2CCCCC2)cc1. The minimum Gasteiger partial charge on any atom is -0.493 e. The topological polar surface area (TPSA) is 49.8 Å². The van der Waals surface area contributed by atoms with Gasteiger partial charge in [0.2, 0.25) is 0 Å². The van der Waals surface area contributed by atoms with Crippen molar-refractivity contribution in [2.24, 2.45) is 5.92 Å². The monoisotopic (exact) mass is 349 g/mol. The fourth-order valence-corrected chi connectivity index (χ4v) is 4.63. The van der Waals surface area contributed by atoms with E-state index in [9.17, 15) is 9.90 Å². The fraction of sp³-hybridized carbons (Fsp3) is 0.632. The van der Waals surface area contributed by atoms with Crippen molar-refractivity contribution in [2.75, 3.05) is 13.2 Å². The number of carboxylic acids is 1. The van der Waals surface area contributed by atoms with Crippen LogP contribution in [0.3, 0.4) is 0 Å². The lowest BCUT2D eigenvalue weighted by molar-refractivity contribution is -0.142. The second-order valence-electron chi connectivity index (χ2n) is 6.87. The molecule has 1 aromatic carbocycles. The number of rotatable bonds is 6. The number of piperidine rings is 1. The zero-order valence-corrected chi connectivity index (χ0v) is 15.0. The lowest BCUT2D eigenvalue weighted by Gasteiger charge is -2.31. The summed E-state index contributed by atoms with van der Waals surface area (Å²) >= 11 is 1.55. The molecule has 3 rings (SSSR count). The number of hydrogen-bond acceptors (Lipinski definition) is 4. The molecular formula is C19H27NO3S. The molecule has 0 aromatic heterocycles. The third-order valence-corrected chi connectivity index (χ3v) is 6.15. The number of benzene rings is 1. The van der Waals surface area contributed by atoms with E-state index in [2.05, 4.69) is 0 Å². The van der Waals surface area contributed by atoms with Crippen LogP contribution in [-0.2, 0) is 4.79 Å². The molecule has 5 heteroatoms. The summed E-state index contributed by atoms with van der Waals surface area (Å²) in [5.74, 6) is 0.908. The van der Waals surface area contributed by atoms with E-state index in [1.54, 1.807) is 11.9 Å². The Morgan fingerprint density at radius 3 is 2.50 bits per heavy atom. The van der Waals surface area contributed by atoms with Gasteiger partial charge in [0.05, 0.1) is 6.61 Å². The predicted molar refractivity (Wildman–Crippen MR) is 96.3 cm³/mol. The molecule has 132 valence electrons. The molecule has 0 radical (unpaired) electrons. The van der Waals surface area contributed by atoms with Crippen LogP contribution in [0.15, 0.2) is 29.2 Å². The molecule has 1 unspecified atom stereocenters. The van der Waals surface area contributed by atoms with Gasteiger partial charge in [-0.15, -0.1) is 0 Å². The Labute approximate surface area is 148 Å². The van der Waals surface area contributed by atoms with Crippen molar-refractivity contribution in [1.82, 2.24) is 4.31 Å². The zero-order chi connectivity index (χ0) is 16.8. The maximum atomic E-state index is 11.4. The van der Waals surface area contributed by atoms with Gasteiger partial charge in [-0.3, -0.25) is 4.79 Å². The smallest absolute Gasteiger partial charge is 0.321 e. The van der Waals surface area contributed by atoms with Gasteiger partial charge in [0.15, 0.2) is 0 Å². The number of carboxylic acid groups (broad SMARTS) is 1. The van der Waals surface area contributed by atoms with Crippen LogP contribution >= 0.6 is 11.9 Å². The third kappa shape index (κ3) is 4.90. The Kier molecular flexibility index (Phi) is 6.44. The molecule has 1 heterocycles. The van der Waals surface area contributed by atoms with Crippen LogP contribution < -0.4 is 4.74 Å². The molecular weight excluding hydrogens is 322 g/mol. The first-order valence-corrected chi connectivity index (χ1v) is 9.90. The molecule has 1 aromatic rings. The first kappa shape index (κ1) is 17.6. The Morgan fingerprint density at radius 1 is 1.08 bits per heavy atom. The number of nitrogens with zero attached hydrogens (tertiary/aromatic N) is 1. The highest BCUT2D eigenvalue weighted by atomic mass is 32.2. The molecule has 1 N–H and O–H groups in total. The van der Waals surface area contributed by atoms with Crippen LogP contribution in [0.2, 0.25) is 0 Å². The molecule has 1 atom stereocenters. The van der Waals surface area contributed by atoms with E-state index in [0.717, 1.165) is 43.1 Å². The molecule has 2 aliphatic rings. The van der Waals surface area contributed by atoms with Gasteiger partial charge in [-0.05, 0) is 74.2 Å². The second-order valence-corrected chi connectivity index (χ2v) is 7.99. The normalized spacial score (nSPS) is 23.1. The van der Waals surface area contributed by atoms with Crippen LogP contribution in [0.25, 0.3) is 0 Å². The molecule has 0 spiro atoms. The fourth-order valence-electron chi connectivity index (χ4n) is 3.56. The quantitative estimate of drug-likeness (QED) is 0.761. The lowest BCUT2D eigenvalue weighted by Crippen LogP contribution is -2.40. The van der Waals surface area contributed by atoms with Crippen molar-refractivity contribution in [3.05, 3.63) is 24.3 Å². The number of aliphatic carboxylic acids is 1. The molecule has 1 saturated heterocycles. The van der Waals surface area contributed by atoms with Gasteiger partial charge in [-0.25, -0.2) is 4.31 Å². The summed E-state index contributed by atoms with van der Waals surface area (Å²) in [7, 11) is 0. The average molecular weight is 349 g/mol. The van der Waals surface area contributed by atoms with E-state index in [1.165, 1.54) is 32.1 Å². The van der Waals surface area contributed by atoms with E-state index in [1.807, 2.05) is 28.6 Å². The minimum atomic E-state index is -0.713. The molecule has 1 aliphatic carbocycles. The maximum Gasteiger partial charge on any atom is 0.321 e. The van der Waals surface area contributed by atoms with E-state index >= 15 is 0 Å². The average Bonchev–Trinajstić information content (AvgIpc) is 2.62. The van der Waals surface area contributed by atoms with E-state index in [0.29, 0.717) is 5.92 Å². The summed E-state index contributed by atoms with van der Waals surface area (Å²) in [5.41, 5.74) is 0. The highest BCUT2D eigenvalue weighted by molar-refractivity contribution is 7.97. The lowest BCUT2D eigenvalue weighted by atomic mass is 9.90. The van der Waals surface area contributed by atoms with Crippen LogP contribution in [0.4, 0.5) is 0 Å². The first-order valence-electron chi connectivity index (χ1n) is 9.12. The van der Waals surface area contributed by atoms with Crippen LogP contribution in [-0.4, -0.2) is 34.6 Å². The van der Waals surface area contributed by atoms with Crippen molar-refractivity contribution in [2.45, 2.75) is 62.3 Å². The van der Waals surface area contributed by atoms with Crippen molar-refractivity contribution in [3.63, 3.8) is 0 Å². The van der Waals surface area contributed by atoms with E-state index < -0.39 is 5.97 Å². The number of carbonyl (C=O) groups is 1. The Balaban J connectivity index is 1.51. The van der Waals surface area contributed by atoms with Crippen LogP contribution in [0.5, 0.6) is 5.75 Å². The Morgan fingerprint density at radius 2 is 1.79 bits per heavy atom. The highest BCUT2D eigenvalue weighted by Crippen LogP contribution is 2.31. The summed E-state index contributed by atoms with van der Waals surface area (Å²) in [6.45, 7) is 1.65. The molecule has 1 aliphatic heterocycles. The standard InChI is InChI=1S/C19H27NO3S/c21-19(22)18-8-4-5-13-20(18)24-17-11-9-16(10-12-17)23-14-15-6-2-1-3-7-15/h9-12,15,18H,1-8,13-14H2,(H,21,22). The van der Waals surface area contributed by atoms with Crippen molar-refractivity contribution < 1.29 is 14.6 Å². The van der Waals surface area contributed by atoms with Gasteiger partial charge >= 0.3 is 5.97 Å². The predicted octanol–water partition coefficient (Wildman–Crippen LogP) is 4.59. The molecule has 2 fully saturated rings. The molecule has 24 heavy (non-hydrogen) atoms. The van der Waals surface area contributed by atoms with Gasteiger partial charge in [-0.1, -0.05) is 19.3 Å². The number of ether oxygens (including phenoxy) is 1. The molecule has 1 saturated carbocycles. The van der Waals surface area contributed by atoms with Gasteiger partial charge in [0.25, 0.3) is 0 Å². The van der Waals surface area contributed by atoms with Crippen LogP contribution in [0.1, 0.15) is 51.4 Å². The van der Waals surface area contributed by atoms with Gasteiger partial charge in [-0.2, -0.15) is 0 Å². The molecule has 4 nitrogen and oxygen atoms in total. The summed E-state index contributed by atoms with van der Waals surface area (Å²) in [6, 6.07) is 7.71. The highest BCUT2D eigenvalue weighted by Gasteiger charge is 2.29. The first-order chi connectivity index (χ1) is 11.7. The summed E-state index contributed by atoms with van der Waals surface area (Å²) in [6.07, 6.45) is 9.44. The Bertz CT molecular complexity index is 528. The minimum absolute atomic E-state index is 0.369. The summed E-state index contributed by atoms with van der Waals surface area (Å²) in [5, 5.41) is 9.35. The van der Waals surface area contributed by atoms with Crippen molar-refractivity contribution in [3.8, 4) is 5.75 Å². The largest absolute Gasteiger partial charge is 0.493 e. The van der Waals surface area contributed by atoms with E-state index in [-0.39, 0.29) is 6.04 Å².